The molecule has 2 aliphatic rings. The zero-order chi connectivity index (χ0) is 18.0. The summed E-state index contributed by atoms with van der Waals surface area (Å²) in [7, 11) is -3.69. The van der Waals surface area contributed by atoms with Gasteiger partial charge in [0.05, 0.1) is 10.8 Å². The van der Waals surface area contributed by atoms with Crippen LogP contribution >= 0.6 is 0 Å². The molecule has 2 fully saturated rings. The molecule has 0 aliphatic carbocycles. The fourth-order valence-electron chi connectivity index (χ4n) is 3.77. The molecule has 0 saturated carbocycles. The van der Waals surface area contributed by atoms with Gasteiger partial charge in [-0.2, -0.15) is 4.31 Å². The molecule has 2 aliphatic heterocycles. The van der Waals surface area contributed by atoms with Crippen LogP contribution in [0.5, 0.6) is 0 Å². The number of likely N-dealkylation sites (tertiary alicyclic amines) is 1. The molecule has 2 atom stereocenters. The second kappa shape index (κ2) is 7.41. The Morgan fingerprint density at radius 1 is 1.08 bits per heavy atom. The van der Waals surface area contributed by atoms with Gasteiger partial charge in [0.2, 0.25) is 15.9 Å². The highest BCUT2D eigenvalue weighted by atomic mass is 32.2. The predicted octanol–water partition coefficient (Wildman–Crippen LogP) is 2.48. The fourth-order valence-corrected chi connectivity index (χ4v) is 5.29. The monoisotopic (exact) mass is 368 g/mol. The third kappa shape index (κ3) is 4.03. The number of carbonyl (C=O) groups is 1. The summed E-state index contributed by atoms with van der Waals surface area (Å²) in [6.45, 7) is 4.29. The van der Waals surface area contributed by atoms with E-state index in [1.807, 2.05) is 4.90 Å². The molecule has 1 amide bonds. The van der Waals surface area contributed by atoms with E-state index in [1.54, 1.807) is 0 Å². The zero-order valence-corrected chi connectivity index (χ0v) is 15.3. The van der Waals surface area contributed by atoms with E-state index in [1.165, 1.54) is 16.4 Å². The molecule has 138 valence electrons. The third-order valence-corrected chi connectivity index (χ3v) is 7.03. The van der Waals surface area contributed by atoms with Crippen molar-refractivity contribution in [1.82, 2.24) is 9.21 Å². The van der Waals surface area contributed by atoms with E-state index < -0.39 is 15.8 Å². The van der Waals surface area contributed by atoms with Crippen molar-refractivity contribution in [3.8, 4) is 0 Å². The molecule has 0 spiro atoms. The minimum Gasteiger partial charge on any atom is -0.342 e. The summed E-state index contributed by atoms with van der Waals surface area (Å²) in [6, 6.07) is 4.86. The van der Waals surface area contributed by atoms with Crippen LogP contribution in [0.4, 0.5) is 4.39 Å². The molecule has 5 nitrogen and oxygen atoms in total. The predicted molar refractivity (Wildman–Crippen MR) is 92.9 cm³/mol. The van der Waals surface area contributed by atoms with Gasteiger partial charge < -0.3 is 4.90 Å². The molecular formula is C18H25FN2O3S. The summed E-state index contributed by atoms with van der Waals surface area (Å²) < 4.78 is 40.0. The summed E-state index contributed by atoms with van der Waals surface area (Å²) >= 11 is 0. The van der Waals surface area contributed by atoms with Gasteiger partial charge in [0.25, 0.3) is 0 Å². The van der Waals surface area contributed by atoms with Crippen LogP contribution in [-0.4, -0.2) is 49.7 Å². The van der Waals surface area contributed by atoms with Gasteiger partial charge in [-0.25, -0.2) is 12.8 Å². The summed E-state index contributed by atoms with van der Waals surface area (Å²) in [5.41, 5.74) is 0. The molecule has 0 radical (unpaired) electrons. The summed E-state index contributed by atoms with van der Waals surface area (Å²) in [4.78, 5) is 14.8. The molecule has 0 aromatic heterocycles. The first kappa shape index (κ1) is 18.3. The molecule has 0 bridgehead atoms. The van der Waals surface area contributed by atoms with Gasteiger partial charge in [-0.05, 0) is 55.9 Å². The van der Waals surface area contributed by atoms with Crippen LogP contribution in [0.2, 0.25) is 0 Å². The molecule has 1 aromatic rings. The summed E-state index contributed by atoms with van der Waals surface area (Å²) in [6.07, 6.45) is 3.54. The Morgan fingerprint density at radius 2 is 1.76 bits per heavy atom. The fraction of sp³-hybridized carbons (Fsp3) is 0.611. The highest BCUT2D eigenvalue weighted by molar-refractivity contribution is 7.89. The lowest BCUT2D eigenvalue weighted by molar-refractivity contribution is -0.138. The van der Waals surface area contributed by atoms with Crippen LogP contribution in [0.3, 0.4) is 0 Å². The molecule has 7 heteroatoms. The number of carbonyl (C=O) groups excluding carboxylic acids is 1. The lowest BCUT2D eigenvalue weighted by Crippen LogP contribution is -2.48. The van der Waals surface area contributed by atoms with E-state index >= 15 is 0 Å². The minimum atomic E-state index is -3.69. The largest absolute Gasteiger partial charge is 0.342 e. The first-order valence-electron chi connectivity index (χ1n) is 8.92. The van der Waals surface area contributed by atoms with Gasteiger partial charge in [0.1, 0.15) is 5.82 Å². The highest BCUT2D eigenvalue weighted by Gasteiger charge is 2.35. The Labute approximate surface area is 148 Å². The first-order chi connectivity index (χ1) is 11.9. The van der Waals surface area contributed by atoms with Crippen LogP contribution in [0.15, 0.2) is 29.2 Å². The van der Waals surface area contributed by atoms with Gasteiger partial charge in [-0.15, -0.1) is 0 Å². The Kier molecular flexibility index (Phi) is 5.43. The van der Waals surface area contributed by atoms with Crippen molar-refractivity contribution >= 4 is 15.9 Å². The van der Waals surface area contributed by atoms with Crippen molar-refractivity contribution in [3.05, 3.63) is 30.1 Å². The average molecular weight is 368 g/mol. The Hall–Kier alpha value is -1.47. The van der Waals surface area contributed by atoms with Crippen LogP contribution in [0.25, 0.3) is 0 Å². The number of hydrogen-bond donors (Lipinski definition) is 0. The van der Waals surface area contributed by atoms with Crippen LogP contribution in [0, 0.1) is 17.7 Å². The minimum absolute atomic E-state index is 0.0746. The summed E-state index contributed by atoms with van der Waals surface area (Å²) in [5, 5.41) is 0. The van der Waals surface area contributed by atoms with Gasteiger partial charge in [0, 0.05) is 26.2 Å². The number of amides is 1. The number of benzene rings is 1. The molecule has 1 aromatic carbocycles. The maximum absolute atomic E-state index is 13.1. The van der Waals surface area contributed by atoms with Crippen LogP contribution in [-0.2, 0) is 14.8 Å². The van der Waals surface area contributed by atoms with E-state index in [4.69, 9.17) is 0 Å². The summed E-state index contributed by atoms with van der Waals surface area (Å²) in [5.74, 6) is -0.176. The third-order valence-electron chi connectivity index (χ3n) is 5.15. The quantitative estimate of drug-likeness (QED) is 0.824. The number of sulfonamides is 1. The number of hydrogen-bond acceptors (Lipinski definition) is 3. The van der Waals surface area contributed by atoms with Gasteiger partial charge in [0.15, 0.2) is 0 Å². The van der Waals surface area contributed by atoms with Crippen LogP contribution in [0.1, 0.15) is 32.6 Å². The standard InChI is InChI=1S/C18H25FN2O3S/c1-14-4-2-10-20(12-14)18(22)15-5-3-11-21(13-15)25(23,24)17-8-6-16(19)7-9-17/h6-9,14-15H,2-5,10-13H2,1H3/t14-,15+/m1/s1. The molecular weight excluding hydrogens is 343 g/mol. The van der Waals surface area contributed by atoms with E-state index in [-0.39, 0.29) is 23.3 Å². The van der Waals surface area contributed by atoms with Crippen molar-refractivity contribution in [2.75, 3.05) is 26.2 Å². The normalized spacial score (nSPS) is 25.8. The van der Waals surface area contributed by atoms with Gasteiger partial charge in [-0.1, -0.05) is 6.92 Å². The lowest BCUT2D eigenvalue weighted by Gasteiger charge is -2.37. The topological polar surface area (TPSA) is 57.7 Å². The Balaban J connectivity index is 1.72. The maximum atomic E-state index is 13.1. The van der Waals surface area contributed by atoms with Gasteiger partial charge >= 0.3 is 0 Å². The van der Waals surface area contributed by atoms with Crippen molar-refractivity contribution in [2.45, 2.75) is 37.5 Å². The second-order valence-electron chi connectivity index (χ2n) is 7.19. The van der Waals surface area contributed by atoms with E-state index in [0.29, 0.717) is 18.9 Å². The Bertz CT molecular complexity index is 720. The molecule has 0 N–H and O–H groups in total. The number of rotatable bonds is 3. The van der Waals surface area contributed by atoms with E-state index in [2.05, 4.69) is 6.92 Å². The average Bonchev–Trinajstić information content (AvgIpc) is 2.61. The van der Waals surface area contributed by atoms with Gasteiger partial charge in [-0.3, -0.25) is 4.79 Å². The highest BCUT2D eigenvalue weighted by Crippen LogP contribution is 2.26. The van der Waals surface area contributed by atoms with Crippen molar-refractivity contribution < 1.29 is 17.6 Å². The first-order valence-corrected chi connectivity index (χ1v) is 10.4. The van der Waals surface area contributed by atoms with Crippen LogP contribution < -0.4 is 0 Å². The van der Waals surface area contributed by atoms with E-state index in [9.17, 15) is 17.6 Å². The SMILES string of the molecule is C[C@@H]1CCCN(C(=O)[C@H]2CCCN(S(=O)(=O)c3ccc(F)cc3)C2)C1. The molecule has 25 heavy (non-hydrogen) atoms. The molecule has 2 heterocycles. The van der Waals surface area contributed by atoms with Crippen molar-refractivity contribution in [3.63, 3.8) is 0 Å². The smallest absolute Gasteiger partial charge is 0.243 e. The Morgan fingerprint density at radius 3 is 2.44 bits per heavy atom. The number of halogens is 1. The van der Waals surface area contributed by atoms with Crippen molar-refractivity contribution in [2.24, 2.45) is 11.8 Å². The second-order valence-corrected chi connectivity index (χ2v) is 9.13. The molecule has 2 saturated heterocycles. The van der Waals surface area contributed by atoms with Crippen molar-refractivity contribution in [1.29, 1.82) is 0 Å². The lowest BCUT2D eigenvalue weighted by atomic mass is 9.94. The molecule has 3 rings (SSSR count). The number of piperidine rings is 2. The number of nitrogens with zero attached hydrogens (tertiary/aromatic N) is 2. The maximum Gasteiger partial charge on any atom is 0.243 e. The zero-order valence-electron chi connectivity index (χ0n) is 14.5. The molecule has 0 unspecified atom stereocenters. The van der Waals surface area contributed by atoms with E-state index in [0.717, 1.165) is 44.5 Å².